The van der Waals surface area contributed by atoms with Gasteiger partial charge in [0.25, 0.3) is 10.0 Å². The molecule has 1 aromatic rings. The molecule has 0 aliphatic carbocycles. The van der Waals surface area contributed by atoms with Crippen LogP contribution in [0.1, 0.15) is 18.4 Å². The van der Waals surface area contributed by atoms with Gasteiger partial charge in [-0.05, 0) is 19.1 Å². The number of methoxy groups -OCH3 is 1. The Hall–Kier alpha value is -2.35. The molecular weight excluding hydrogens is 334 g/mol. The van der Waals surface area contributed by atoms with Gasteiger partial charge < -0.3 is 9.47 Å². The molecule has 1 aliphatic rings. The minimum atomic E-state index is -4.14. The van der Waals surface area contributed by atoms with Crippen molar-refractivity contribution >= 4 is 22.1 Å². The topological polar surface area (TPSA) is 90.0 Å². The van der Waals surface area contributed by atoms with Gasteiger partial charge in [0.15, 0.2) is 0 Å². The highest BCUT2D eigenvalue weighted by atomic mass is 32.2. The summed E-state index contributed by atoms with van der Waals surface area (Å²) in [4.78, 5) is 23.8. The van der Waals surface area contributed by atoms with Crippen molar-refractivity contribution in [1.82, 2.24) is 4.31 Å². The number of hydrogen-bond donors (Lipinski definition) is 0. The Kier molecular flexibility index (Phi) is 5.28. The SMILES string of the molecule is C=CC[C@H]1OC(=O)N(S(=O)(=O)c2ccc(C)cc2)[C@@H]1CC(=O)OC. The van der Waals surface area contributed by atoms with Crippen molar-refractivity contribution in [2.75, 3.05) is 7.11 Å². The summed E-state index contributed by atoms with van der Waals surface area (Å²) in [5.41, 5.74) is 0.883. The van der Waals surface area contributed by atoms with Crippen LogP contribution in [0.5, 0.6) is 0 Å². The summed E-state index contributed by atoms with van der Waals surface area (Å²) in [6.45, 7) is 5.38. The molecule has 1 amide bonds. The van der Waals surface area contributed by atoms with E-state index in [1.165, 1.54) is 25.3 Å². The van der Waals surface area contributed by atoms with Crippen LogP contribution in [0.15, 0.2) is 41.8 Å². The number of aryl methyl sites for hydroxylation is 1. The third-order valence-electron chi connectivity index (χ3n) is 3.74. The molecule has 0 bridgehead atoms. The van der Waals surface area contributed by atoms with Crippen LogP contribution >= 0.6 is 0 Å². The van der Waals surface area contributed by atoms with Gasteiger partial charge in [0.2, 0.25) is 0 Å². The monoisotopic (exact) mass is 353 g/mol. The normalized spacial score (nSPS) is 20.6. The molecule has 2 atom stereocenters. The highest BCUT2D eigenvalue weighted by Crippen LogP contribution is 2.31. The first kappa shape index (κ1) is 18.0. The van der Waals surface area contributed by atoms with Gasteiger partial charge in [-0.25, -0.2) is 13.2 Å². The summed E-state index contributed by atoms with van der Waals surface area (Å²) in [6, 6.07) is 5.10. The molecule has 2 rings (SSSR count). The maximum Gasteiger partial charge on any atom is 0.424 e. The van der Waals surface area contributed by atoms with E-state index in [0.29, 0.717) is 4.31 Å². The molecule has 1 saturated heterocycles. The summed E-state index contributed by atoms with van der Waals surface area (Å²) >= 11 is 0. The number of hydrogen-bond acceptors (Lipinski definition) is 6. The third-order valence-corrected chi connectivity index (χ3v) is 5.55. The fourth-order valence-corrected chi connectivity index (χ4v) is 4.00. The number of cyclic esters (lactones) is 1. The molecule has 1 heterocycles. The smallest absolute Gasteiger partial charge is 0.424 e. The lowest BCUT2D eigenvalue weighted by Gasteiger charge is -2.23. The fraction of sp³-hybridized carbons (Fsp3) is 0.375. The van der Waals surface area contributed by atoms with Crippen LogP contribution in [0.25, 0.3) is 0 Å². The molecular formula is C16H19NO6S. The number of sulfonamides is 1. The van der Waals surface area contributed by atoms with E-state index >= 15 is 0 Å². The largest absolute Gasteiger partial charge is 0.469 e. The lowest BCUT2D eigenvalue weighted by atomic mass is 10.1. The molecule has 0 aromatic heterocycles. The second kappa shape index (κ2) is 7.04. The molecule has 24 heavy (non-hydrogen) atoms. The van der Waals surface area contributed by atoms with E-state index in [9.17, 15) is 18.0 Å². The maximum absolute atomic E-state index is 12.8. The van der Waals surface area contributed by atoms with Crippen molar-refractivity contribution in [3.8, 4) is 0 Å². The molecule has 8 heteroatoms. The fourth-order valence-electron chi connectivity index (χ4n) is 2.48. The number of benzene rings is 1. The summed E-state index contributed by atoms with van der Waals surface area (Å²) in [6.07, 6.45) is -0.339. The predicted molar refractivity (Wildman–Crippen MR) is 85.7 cm³/mol. The van der Waals surface area contributed by atoms with Gasteiger partial charge >= 0.3 is 12.1 Å². The zero-order chi connectivity index (χ0) is 17.9. The summed E-state index contributed by atoms with van der Waals surface area (Å²) in [5.74, 6) is -0.628. The van der Waals surface area contributed by atoms with E-state index in [1.807, 2.05) is 6.92 Å². The van der Waals surface area contributed by atoms with Crippen molar-refractivity contribution in [1.29, 1.82) is 0 Å². The Morgan fingerprint density at radius 1 is 1.38 bits per heavy atom. The van der Waals surface area contributed by atoms with Crippen molar-refractivity contribution in [2.24, 2.45) is 0 Å². The zero-order valence-corrected chi connectivity index (χ0v) is 14.3. The Labute approximate surface area is 140 Å². The first-order valence-corrected chi connectivity index (χ1v) is 8.74. The van der Waals surface area contributed by atoms with Gasteiger partial charge in [0, 0.05) is 6.42 Å². The van der Waals surface area contributed by atoms with Crippen LogP contribution in [0.3, 0.4) is 0 Å². The highest BCUT2D eigenvalue weighted by Gasteiger charge is 2.49. The van der Waals surface area contributed by atoms with Crippen LogP contribution in [-0.4, -0.2) is 44.0 Å². The third kappa shape index (κ3) is 3.43. The van der Waals surface area contributed by atoms with Gasteiger partial charge in [-0.2, -0.15) is 4.31 Å². The van der Waals surface area contributed by atoms with Gasteiger partial charge in [-0.1, -0.05) is 23.8 Å². The number of nitrogens with zero attached hydrogens (tertiary/aromatic N) is 1. The molecule has 0 spiro atoms. The number of esters is 1. The Morgan fingerprint density at radius 2 is 2.00 bits per heavy atom. The predicted octanol–water partition coefficient (Wildman–Crippen LogP) is 2.01. The molecule has 0 radical (unpaired) electrons. The number of carbonyl (C=O) groups excluding carboxylic acids is 2. The number of amides is 1. The molecule has 1 aliphatic heterocycles. The Bertz CT molecular complexity index is 740. The number of carbonyl (C=O) groups is 2. The van der Waals surface area contributed by atoms with Crippen molar-refractivity contribution < 1.29 is 27.5 Å². The maximum atomic E-state index is 12.8. The van der Waals surface area contributed by atoms with E-state index in [0.717, 1.165) is 5.56 Å². The molecule has 130 valence electrons. The lowest BCUT2D eigenvalue weighted by Crippen LogP contribution is -2.42. The van der Waals surface area contributed by atoms with Gasteiger partial charge in [0.1, 0.15) is 6.10 Å². The zero-order valence-electron chi connectivity index (χ0n) is 13.5. The second-order valence-electron chi connectivity index (χ2n) is 5.41. The molecule has 0 N–H and O–H groups in total. The second-order valence-corrected chi connectivity index (χ2v) is 7.22. The van der Waals surface area contributed by atoms with Gasteiger partial charge in [-0.15, -0.1) is 6.58 Å². The minimum Gasteiger partial charge on any atom is -0.469 e. The minimum absolute atomic E-state index is 0.0424. The van der Waals surface area contributed by atoms with E-state index in [1.54, 1.807) is 12.1 Å². The van der Waals surface area contributed by atoms with Crippen LogP contribution < -0.4 is 0 Å². The summed E-state index contributed by atoms with van der Waals surface area (Å²) in [5, 5.41) is 0. The standard InChI is InChI=1S/C16H19NO6S/c1-4-5-14-13(10-15(18)22-3)17(16(19)23-14)24(20,21)12-8-6-11(2)7-9-12/h4,6-9,13-14H,1,5,10H2,2-3H3/t13-,14-/m1/s1. The van der Waals surface area contributed by atoms with Crippen LogP contribution in [-0.2, 0) is 24.3 Å². The van der Waals surface area contributed by atoms with Crippen LogP contribution in [0, 0.1) is 6.92 Å². The van der Waals surface area contributed by atoms with Gasteiger partial charge in [0.05, 0.1) is 24.5 Å². The Morgan fingerprint density at radius 3 is 2.54 bits per heavy atom. The average Bonchev–Trinajstić information content (AvgIpc) is 2.84. The number of rotatable bonds is 6. The summed E-state index contributed by atoms with van der Waals surface area (Å²) < 4.78 is 36.0. The average molecular weight is 353 g/mol. The van der Waals surface area contributed by atoms with Crippen molar-refractivity contribution in [3.63, 3.8) is 0 Å². The summed E-state index contributed by atoms with van der Waals surface area (Å²) in [7, 11) is -2.95. The van der Waals surface area contributed by atoms with E-state index in [2.05, 4.69) is 11.3 Å². The first-order valence-electron chi connectivity index (χ1n) is 7.30. The van der Waals surface area contributed by atoms with E-state index in [-0.39, 0.29) is 17.7 Å². The highest BCUT2D eigenvalue weighted by molar-refractivity contribution is 7.89. The molecule has 1 aromatic carbocycles. The van der Waals surface area contributed by atoms with Crippen LogP contribution in [0.4, 0.5) is 4.79 Å². The number of ether oxygens (including phenoxy) is 2. The van der Waals surface area contributed by atoms with Crippen molar-refractivity contribution in [2.45, 2.75) is 36.8 Å². The van der Waals surface area contributed by atoms with E-state index in [4.69, 9.17) is 4.74 Å². The quantitative estimate of drug-likeness (QED) is 0.574. The van der Waals surface area contributed by atoms with E-state index < -0.39 is 34.2 Å². The lowest BCUT2D eigenvalue weighted by molar-refractivity contribution is -0.141. The van der Waals surface area contributed by atoms with Crippen molar-refractivity contribution in [3.05, 3.63) is 42.5 Å². The van der Waals surface area contributed by atoms with Crippen LogP contribution in [0.2, 0.25) is 0 Å². The van der Waals surface area contributed by atoms with Gasteiger partial charge in [-0.3, -0.25) is 4.79 Å². The molecule has 7 nitrogen and oxygen atoms in total. The molecule has 0 unspecified atom stereocenters. The Balaban J connectivity index is 2.43. The molecule has 1 fully saturated rings. The molecule has 0 saturated carbocycles. The first-order chi connectivity index (χ1) is 11.3.